The summed E-state index contributed by atoms with van der Waals surface area (Å²) in [5, 5.41) is 10.3. The number of nitrogens with one attached hydrogen (secondary N) is 2. The molecular weight excluding hydrogens is 398 g/mol. The fourth-order valence-electron chi connectivity index (χ4n) is 4.11. The first-order valence-corrected chi connectivity index (χ1v) is 10.9. The molecule has 1 aliphatic carbocycles. The lowest BCUT2D eigenvalue weighted by atomic mass is 9.97. The fourth-order valence-corrected chi connectivity index (χ4v) is 5.38. The summed E-state index contributed by atoms with van der Waals surface area (Å²) in [5.74, 6) is -0.528. The SMILES string of the molecule is N#CC(C(=O)CCc1nc2ccccc2[nH]1)c1nc2sc3c(c2c(=O)[nH]1)CCCC3. The van der Waals surface area contributed by atoms with Crippen LogP contribution < -0.4 is 5.56 Å². The Kier molecular flexibility index (Phi) is 4.68. The van der Waals surface area contributed by atoms with E-state index in [0.717, 1.165) is 42.3 Å². The van der Waals surface area contributed by atoms with Gasteiger partial charge in [-0.05, 0) is 43.4 Å². The van der Waals surface area contributed by atoms with Gasteiger partial charge in [0.05, 0.1) is 22.5 Å². The molecule has 2 N–H and O–H groups in total. The van der Waals surface area contributed by atoms with Gasteiger partial charge in [0.1, 0.15) is 16.5 Å². The van der Waals surface area contributed by atoms with Gasteiger partial charge in [0.15, 0.2) is 11.7 Å². The van der Waals surface area contributed by atoms with Gasteiger partial charge in [-0.2, -0.15) is 5.26 Å². The van der Waals surface area contributed by atoms with Crippen LogP contribution in [0.5, 0.6) is 0 Å². The Hall–Kier alpha value is -3.31. The number of nitrogens with zero attached hydrogens (tertiary/aromatic N) is 3. The van der Waals surface area contributed by atoms with Crippen LogP contribution in [0.3, 0.4) is 0 Å². The van der Waals surface area contributed by atoms with Gasteiger partial charge >= 0.3 is 0 Å². The first-order chi connectivity index (χ1) is 14.6. The summed E-state index contributed by atoms with van der Waals surface area (Å²) in [6.07, 6.45) is 4.57. The summed E-state index contributed by atoms with van der Waals surface area (Å²) in [6.45, 7) is 0. The molecule has 1 aliphatic rings. The maximum Gasteiger partial charge on any atom is 0.259 e. The third-order valence-electron chi connectivity index (χ3n) is 5.61. The Balaban J connectivity index is 1.40. The Morgan fingerprint density at radius 3 is 2.87 bits per heavy atom. The number of hydrogen-bond acceptors (Lipinski definition) is 6. The van der Waals surface area contributed by atoms with Crippen LogP contribution >= 0.6 is 11.3 Å². The smallest absolute Gasteiger partial charge is 0.259 e. The third-order valence-corrected chi connectivity index (χ3v) is 6.80. The van der Waals surface area contributed by atoms with E-state index in [4.69, 9.17) is 0 Å². The Labute approximate surface area is 175 Å². The maximum atomic E-state index is 12.8. The number of nitriles is 1. The zero-order valence-corrected chi connectivity index (χ0v) is 17.0. The van der Waals surface area contributed by atoms with Crippen molar-refractivity contribution in [1.29, 1.82) is 5.26 Å². The minimum atomic E-state index is -1.09. The van der Waals surface area contributed by atoms with Crippen LogP contribution in [0.2, 0.25) is 0 Å². The molecule has 0 saturated heterocycles. The summed E-state index contributed by atoms with van der Waals surface area (Å²) in [5.41, 5.74) is 2.59. The highest BCUT2D eigenvalue weighted by Crippen LogP contribution is 2.34. The molecule has 3 aromatic heterocycles. The monoisotopic (exact) mass is 417 g/mol. The number of aromatic nitrogens is 4. The molecule has 1 aromatic carbocycles. The summed E-state index contributed by atoms with van der Waals surface area (Å²) >= 11 is 1.51. The number of ketones is 1. The van der Waals surface area contributed by atoms with E-state index < -0.39 is 5.92 Å². The van der Waals surface area contributed by atoms with Gasteiger partial charge < -0.3 is 9.97 Å². The predicted molar refractivity (Wildman–Crippen MR) is 115 cm³/mol. The van der Waals surface area contributed by atoms with Crippen molar-refractivity contribution < 1.29 is 4.79 Å². The van der Waals surface area contributed by atoms with E-state index in [1.807, 2.05) is 30.3 Å². The van der Waals surface area contributed by atoms with E-state index >= 15 is 0 Å². The summed E-state index contributed by atoms with van der Waals surface area (Å²) in [6, 6.07) is 9.68. The number of imidazole rings is 1. The molecule has 0 amide bonds. The van der Waals surface area contributed by atoms with Gasteiger partial charge in [-0.1, -0.05) is 12.1 Å². The molecule has 0 aliphatic heterocycles. The van der Waals surface area contributed by atoms with Crippen LogP contribution in [0.15, 0.2) is 29.1 Å². The Bertz CT molecular complexity index is 1340. The van der Waals surface area contributed by atoms with Crippen molar-refractivity contribution in [3.8, 4) is 6.07 Å². The molecule has 0 saturated carbocycles. The number of aromatic amines is 2. The van der Waals surface area contributed by atoms with Crippen LogP contribution in [-0.4, -0.2) is 25.7 Å². The summed E-state index contributed by atoms with van der Waals surface area (Å²) in [7, 11) is 0. The van der Waals surface area contributed by atoms with Crippen LogP contribution in [0, 0.1) is 11.3 Å². The quantitative estimate of drug-likeness (QED) is 0.515. The molecule has 0 spiro atoms. The predicted octanol–water partition coefficient (Wildman–Crippen LogP) is 3.55. The zero-order valence-electron chi connectivity index (χ0n) is 16.2. The minimum Gasteiger partial charge on any atom is -0.342 e. The minimum absolute atomic E-state index is 0.140. The van der Waals surface area contributed by atoms with Crippen molar-refractivity contribution in [2.45, 2.75) is 44.4 Å². The lowest BCUT2D eigenvalue weighted by molar-refractivity contribution is -0.119. The lowest BCUT2D eigenvalue weighted by Crippen LogP contribution is -2.20. The molecule has 30 heavy (non-hydrogen) atoms. The van der Waals surface area contributed by atoms with E-state index in [2.05, 4.69) is 19.9 Å². The Morgan fingerprint density at radius 1 is 1.20 bits per heavy atom. The van der Waals surface area contributed by atoms with E-state index in [1.54, 1.807) is 0 Å². The standard InChI is InChI=1S/C22H19N5O2S/c23-11-13(16(28)9-10-18-24-14-6-2-3-7-15(14)25-18)20-26-21(29)19-12-5-1-4-8-17(12)30-22(19)27-20/h2-3,6-7,13H,1,4-5,8-10H2,(H,24,25)(H,26,27,29). The molecule has 3 heterocycles. The average molecular weight is 417 g/mol. The number of para-hydroxylation sites is 2. The summed E-state index contributed by atoms with van der Waals surface area (Å²) in [4.78, 5) is 42.2. The maximum absolute atomic E-state index is 12.8. The summed E-state index contributed by atoms with van der Waals surface area (Å²) < 4.78 is 0. The number of Topliss-reactive ketones (excluding diaryl/α,β-unsaturated/α-hetero) is 1. The molecule has 1 atom stereocenters. The second kappa shape index (κ2) is 7.50. The molecular formula is C22H19N5O2S. The fraction of sp³-hybridized carbons (Fsp3) is 0.318. The molecule has 150 valence electrons. The molecule has 8 heteroatoms. The van der Waals surface area contributed by atoms with Crippen molar-refractivity contribution >= 4 is 38.4 Å². The van der Waals surface area contributed by atoms with Gasteiger partial charge in [-0.3, -0.25) is 9.59 Å². The first kappa shape index (κ1) is 18.7. The molecule has 0 radical (unpaired) electrons. The van der Waals surface area contributed by atoms with E-state index in [1.165, 1.54) is 16.2 Å². The van der Waals surface area contributed by atoms with Crippen molar-refractivity contribution in [2.24, 2.45) is 0 Å². The van der Waals surface area contributed by atoms with Crippen LogP contribution in [0.4, 0.5) is 0 Å². The number of H-pyrrole nitrogens is 2. The van der Waals surface area contributed by atoms with E-state index in [9.17, 15) is 14.9 Å². The van der Waals surface area contributed by atoms with Crippen molar-refractivity contribution in [1.82, 2.24) is 19.9 Å². The second-order valence-electron chi connectivity index (χ2n) is 7.57. The van der Waals surface area contributed by atoms with Crippen LogP contribution in [0.1, 0.15) is 47.3 Å². The van der Waals surface area contributed by atoms with Crippen LogP contribution in [-0.2, 0) is 24.1 Å². The van der Waals surface area contributed by atoms with Gasteiger partial charge in [-0.15, -0.1) is 11.3 Å². The highest BCUT2D eigenvalue weighted by atomic mass is 32.1. The number of benzene rings is 1. The topological polar surface area (TPSA) is 115 Å². The van der Waals surface area contributed by atoms with Gasteiger partial charge in [0.2, 0.25) is 0 Å². The number of carbonyl (C=O) groups excluding carboxylic acids is 1. The van der Waals surface area contributed by atoms with Gasteiger partial charge in [-0.25, -0.2) is 9.97 Å². The number of aryl methyl sites for hydroxylation is 3. The molecule has 5 rings (SSSR count). The Morgan fingerprint density at radius 2 is 2.03 bits per heavy atom. The zero-order chi connectivity index (χ0) is 20.7. The number of carbonyl (C=O) groups is 1. The lowest BCUT2D eigenvalue weighted by Gasteiger charge is -2.10. The van der Waals surface area contributed by atoms with Crippen molar-refractivity contribution in [3.05, 3.63) is 56.7 Å². The number of rotatable bonds is 5. The average Bonchev–Trinajstić information content (AvgIpc) is 3.33. The number of thiophene rings is 1. The highest BCUT2D eigenvalue weighted by Gasteiger charge is 2.26. The van der Waals surface area contributed by atoms with E-state index in [0.29, 0.717) is 22.5 Å². The van der Waals surface area contributed by atoms with Gasteiger partial charge in [0, 0.05) is 17.7 Å². The van der Waals surface area contributed by atoms with E-state index in [-0.39, 0.29) is 23.6 Å². The first-order valence-electron chi connectivity index (χ1n) is 10.0. The second-order valence-corrected chi connectivity index (χ2v) is 8.65. The molecule has 1 unspecified atom stereocenters. The molecule has 7 nitrogen and oxygen atoms in total. The number of hydrogen-bond donors (Lipinski definition) is 2. The highest BCUT2D eigenvalue weighted by molar-refractivity contribution is 7.18. The van der Waals surface area contributed by atoms with Gasteiger partial charge in [0.25, 0.3) is 5.56 Å². The largest absolute Gasteiger partial charge is 0.342 e. The number of fused-ring (bicyclic) bond motifs is 4. The molecule has 4 aromatic rings. The third kappa shape index (κ3) is 3.21. The van der Waals surface area contributed by atoms with Crippen LogP contribution in [0.25, 0.3) is 21.3 Å². The normalized spacial score (nSPS) is 14.5. The molecule has 0 bridgehead atoms. The van der Waals surface area contributed by atoms with Crippen molar-refractivity contribution in [3.63, 3.8) is 0 Å². The molecule has 0 fully saturated rings. The van der Waals surface area contributed by atoms with Crippen molar-refractivity contribution in [2.75, 3.05) is 0 Å².